The van der Waals surface area contributed by atoms with Crippen LogP contribution in [0, 0.1) is 5.92 Å². The van der Waals surface area contributed by atoms with Crippen molar-refractivity contribution in [3.8, 4) is 0 Å². The minimum atomic E-state index is -0.922. The lowest BCUT2D eigenvalue weighted by molar-refractivity contribution is -0.148. The van der Waals surface area contributed by atoms with Gasteiger partial charge in [-0.15, -0.1) is 11.8 Å². The molecule has 1 N–H and O–H groups in total. The Labute approximate surface area is 92.4 Å². The van der Waals surface area contributed by atoms with E-state index >= 15 is 0 Å². The van der Waals surface area contributed by atoms with Gasteiger partial charge in [0.1, 0.15) is 6.04 Å². The molecule has 0 aromatic rings. The molecule has 4 nitrogen and oxygen atoms in total. The molecule has 1 saturated heterocycles. The second kappa shape index (κ2) is 4.93. The standard InChI is InChI=1S/C8H13NO3S2/c1-5(2-13)7(10)9-4-14-3-6(9)8(11)12/h5-6,13H,2-4H2,1H3,(H,11,12)/t5-,6-/m0/s1. The predicted octanol–water partition coefficient (Wildman–Crippen LogP) is 0.538. The van der Waals surface area contributed by atoms with Crippen LogP contribution in [0.3, 0.4) is 0 Å². The van der Waals surface area contributed by atoms with Crippen molar-refractivity contribution < 1.29 is 14.7 Å². The molecule has 0 spiro atoms. The molecule has 1 aliphatic heterocycles. The highest BCUT2D eigenvalue weighted by Crippen LogP contribution is 2.23. The molecule has 14 heavy (non-hydrogen) atoms. The number of carboxylic acid groups (broad SMARTS) is 1. The smallest absolute Gasteiger partial charge is 0.327 e. The molecule has 2 atom stereocenters. The second-order valence-electron chi connectivity index (χ2n) is 3.25. The van der Waals surface area contributed by atoms with Gasteiger partial charge in [-0.2, -0.15) is 12.6 Å². The predicted molar refractivity (Wildman–Crippen MR) is 58.6 cm³/mol. The number of thioether (sulfide) groups is 1. The number of carboxylic acids is 1. The molecular formula is C8H13NO3S2. The molecule has 1 amide bonds. The maximum absolute atomic E-state index is 11.7. The molecule has 0 saturated carbocycles. The van der Waals surface area contributed by atoms with Crippen LogP contribution < -0.4 is 0 Å². The van der Waals surface area contributed by atoms with E-state index in [0.29, 0.717) is 17.4 Å². The van der Waals surface area contributed by atoms with Crippen LogP contribution >= 0.6 is 24.4 Å². The van der Waals surface area contributed by atoms with Gasteiger partial charge in [0.25, 0.3) is 0 Å². The van der Waals surface area contributed by atoms with Gasteiger partial charge in [-0.1, -0.05) is 6.92 Å². The van der Waals surface area contributed by atoms with Gasteiger partial charge in [0, 0.05) is 17.4 Å². The van der Waals surface area contributed by atoms with E-state index in [-0.39, 0.29) is 11.8 Å². The quantitative estimate of drug-likeness (QED) is 0.701. The summed E-state index contributed by atoms with van der Waals surface area (Å²) in [5.74, 6) is 0.173. The number of thiol groups is 1. The summed E-state index contributed by atoms with van der Waals surface area (Å²) in [4.78, 5) is 23.9. The van der Waals surface area contributed by atoms with Crippen molar-refractivity contribution in [1.82, 2.24) is 4.90 Å². The van der Waals surface area contributed by atoms with Crippen molar-refractivity contribution in [1.29, 1.82) is 0 Å². The molecule has 0 aromatic heterocycles. The molecule has 6 heteroatoms. The highest BCUT2D eigenvalue weighted by molar-refractivity contribution is 7.99. The van der Waals surface area contributed by atoms with Gasteiger partial charge in [0.15, 0.2) is 0 Å². The summed E-state index contributed by atoms with van der Waals surface area (Å²) in [6.07, 6.45) is 0. The fourth-order valence-electron chi connectivity index (χ4n) is 1.23. The average Bonchev–Trinajstić information content (AvgIpc) is 2.63. The first-order chi connectivity index (χ1) is 6.57. The van der Waals surface area contributed by atoms with Crippen molar-refractivity contribution in [2.75, 3.05) is 17.4 Å². The van der Waals surface area contributed by atoms with Crippen LogP contribution in [0.15, 0.2) is 0 Å². The zero-order chi connectivity index (χ0) is 10.7. The van der Waals surface area contributed by atoms with Crippen LogP contribution in [0.25, 0.3) is 0 Å². The Morgan fingerprint density at radius 3 is 2.86 bits per heavy atom. The molecule has 1 rings (SSSR count). The summed E-state index contributed by atoms with van der Waals surface area (Å²) in [7, 11) is 0. The SMILES string of the molecule is C[C@@H](CS)C(=O)N1CSC[C@H]1C(=O)O. The maximum Gasteiger partial charge on any atom is 0.327 e. The summed E-state index contributed by atoms with van der Waals surface area (Å²) in [6.45, 7) is 1.76. The van der Waals surface area contributed by atoms with Gasteiger partial charge in [-0.05, 0) is 0 Å². The largest absolute Gasteiger partial charge is 0.480 e. The first-order valence-electron chi connectivity index (χ1n) is 4.29. The van der Waals surface area contributed by atoms with Crippen molar-refractivity contribution in [2.45, 2.75) is 13.0 Å². The highest BCUT2D eigenvalue weighted by Gasteiger charge is 2.35. The number of amides is 1. The Morgan fingerprint density at radius 1 is 1.71 bits per heavy atom. The molecule has 1 aliphatic rings. The molecule has 80 valence electrons. The van der Waals surface area contributed by atoms with Crippen LogP contribution in [0.2, 0.25) is 0 Å². The lowest BCUT2D eigenvalue weighted by Gasteiger charge is -2.23. The number of carbonyl (C=O) groups is 2. The molecule has 1 fully saturated rings. The first-order valence-corrected chi connectivity index (χ1v) is 6.08. The third-order valence-corrected chi connectivity index (χ3v) is 3.71. The van der Waals surface area contributed by atoms with Crippen LogP contribution in [-0.2, 0) is 9.59 Å². The van der Waals surface area contributed by atoms with Crippen LogP contribution in [-0.4, -0.2) is 45.3 Å². The average molecular weight is 235 g/mol. The number of hydrogen-bond acceptors (Lipinski definition) is 4. The van der Waals surface area contributed by atoms with Gasteiger partial charge < -0.3 is 10.0 Å². The van der Waals surface area contributed by atoms with Crippen molar-refractivity contribution in [3.63, 3.8) is 0 Å². The summed E-state index contributed by atoms with van der Waals surface area (Å²) < 4.78 is 0. The van der Waals surface area contributed by atoms with Gasteiger partial charge >= 0.3 is 5.97 Å². The van der Waals surface area contributed by atoms with Crippen molar-refractivity contribution in [2.24, 2.45) is 5.92 Å². The summed E-state index contributed by atoms with van der Waals surface area (Å²) in [5, 5.41) is 8.86. The molecule has 0 aliphatic carbocycles. The normalized spacial score (nSPS) is 23.6. The van der Waals surface area contributed by atoms with Crippen LogP contribution in [0.1, 0.15) is 6.92 Å². The number of carbonyl (C=O) groups excluding carboxylic acids is 1. The Hall–Kier alpha value is -0.360. The van der Waals surface area contributed by atoms with E-state index in [2.05, 4.69) is 12.6 Å². The molecule has 0 radical (unpaired) electrons. The Bertz CT molecular complexity index is 247. The molecule has 0 bridgehead atoms. The third-order valence-electron chi connectivity index (χ3n) is 2.15. The van der Waals surface area contributed by atoms with Crippen LogP contribution in [0.4, 0.5) is 0 Å². The van der Waals surface area contributed by atoms with Crippen LogP contribution in [0.5, 0.6) is 0 Å². The highest BCUT2D eigenvalue weighted by atomic mass is 32.2. The van der Waals surface area contributed by atoms with E-state index in [0.717, 1.165) is 0 Å². The minimum absolute atomic E-state index is 0.114. The fourth-order valence-corrected chi connectivity index (χ4v) is 2.54. The zero-order valence-electron chi connectivity index (χ0n) is 7.84. The van der Waals surface area contributed by atoms with E-state index in [1.165, 1.54) is 16.7 Å². The zero-order valence-corrected chi connectivity index (χ0v) is 9.55. The third kappa shape index (κ3) is 2.36. The fraction of sp³-hybridized carbons (Fsp3) is 0.750. The number of rotatable bonds is 3. The molecule has 0 unspecified atom stereocenters. The number of aliphatic carboxylic acids is 1. The summed E-state index contributed by atoms with van der Waals surface area (Å²) >= 11 is 5.50. The van der Waals surface area contributed by atoms with Gasteiger partial charge in [0.2, 0.25) is 5.91 Å². The number of hydrogen-bond donors (Lipinski definition) is 2. The van der Waals surface area contributed by atoms with Crippen molar-refractivity contribution in [3.05, 3.63) is 0 Å². The minimum Gasteiger partial charge on any atom is -0.480 e. The first kappa shape index (κ1) is 11.7. The van der Waals surface area contributed by atoms with Gasteiger partial charge in [-0.25, -0.2) is 4.79 Å². The van der Waals surface area contributed by atoms with E-state index in [4.69, 9.17) is 5.11 Å². The number of nitrogens with zero attached hydrogens (tertiary/aromatic N) is 1. The molecule has 0 aromatic carbocycles. The lowest BCUT2D eigenvalue weighted by Crippen LogP contribution is -2.44. The summed E-state index contributed by atoms with van der Waals surface area (Å²) in [6, 6.07) is -0.658. The Kier molecular flexibility index (Phi) is 4.12. The maximum atomic E-state index is 11.7. The Balaban J connectivity index is 2.67. The molecular weight excluding hydrogens is 222 g/mol. The molecule has 1 heterocycles. The van der Waals surface area contributed by atoms with Crippen molar-refractivity contribution >= 4 is 36.3 Å². The van der Waals surface area contributed by atoms with Gasteiger partial charge in [0.05, 0.1) is 5.88 Å². The van der Waals surface area contributed by atoms with E-state index in [1.54, 1.807) is 6.92 Å². The lowest BCUT2D eigenvalue weighted by atomic mass is 10.1. The van der Waals surface area contributed by atoms with E-state index in [9.17, 15) is 9.59 Å². The summed E-state index contributed by atoms with van der Waals surface area (Å²) in [5.41, 5.74) is 0. The monoisotopic (exact) mass is 235 g/mol. The second-order valence-corrected chi connectivity index (χ2v) is 4.61. The Morgan fingerprint density at radius 2 is 2.36 bits per heavy atom. The topological polar surface area (TPSA) is 57.6 Å². The van der Waals surface area contributed by atoms with Gasteiger partial charge in [-0.3, -0.25) is 4.79 Å². The van der Waals surface area contributed by atoms with E-state index < -0.39 is 12.0 Å². The van der Waals surface area contributed by atoms with E-state index in [1.807, 2.05) is 0 Å².